The maximum atomic E-state index is 12.6. The van der Waals surface area contributed by atoms with Crippen molar-refractivity contribution in [3.63, 3.8) is 0 Å². The molecule has 0 fully saturated rings. The highest BCUT2D eigenvalue weighted by atomic mass is 32.1. The Hall–Kier alpha value is -2.92. The molecule has 0 aliphatic carbocycles. The fourth-order valence-electron chi connectivity index (χ4n) is 2.78. The Morgan fingerprint density at radius 3 is 2.76 bits per heavy atom. The van der Waals surface area contributed by atoms with Crippen molar-refractivity contribution >= 4 is 44.1 Å². The highest BCUT2D eigenvalue weighted by Crippen LogP contribution is 2.29. The van der Waals surface area contributed by atoms with Crippen molar-refractivity contribution < 1.29 is 9.53 Å². The summed E-state index contributed by atoms with van der Waals surface area (Å²) in [7, 11) is 1.59. The number of anilines is 1. The Bertz CT molecular complexity index is 1100. The molecule has 0 saturated heterocycles. The molecule has 124 valence electrons. The van der Waals surface area contributed by atoms with Crippen LogP contribution in [0.3, 0.4) is 0 Å². The lowest BCUT2D eigenvalue weighted by molar-refractivity contribution is 0.103. The minimum atomic E-state index is -0.160. The summed E-state index contributed by atoms with van der Waals surface area (Å²) >= 11 is 1.39. The van der Waals surface area contributed by atoms with Crippen molar-refractivity contribution in [2.45, 2.75) is 6.92 Å². The number of thiophene rings is 1. The van der Waals surface area contributed by atoms with Gasteiger partial charge in [0.1, 0.15) is 10.6 Å². The minimum absolute atomic E-state index is 0.160. The quantitative estimate of drug-likeness (QED) is 0.566. The molecular weight excluding hydrogens is 332 g/mol. The molecule has 0 bridgehead atoms. The van der Waals surface area contributed by atoms with Crippen LogP contribution < -0.4 is 10.1 Å². The van der Waals surface area contributed by atoms with Gasteiger partial charge in [0, 0.05) is 10.8 Å². The topological polar surface area (TPSA) is 51.2 Å². The van der Waals surface area contributed by atoms with E-state index in [1.807, 2.05) is 37.3 Å². The van der Waals surface area contributed by atoms with Crippen LogP contribution >= 0.6 is 11.3 Å². The largest absolute Gasteiger partial charge is 0.495 e. The van der Waals surface area contributed by atoms with Crippen LogP contribution in [0.25, 0.3) is 21.1 Å². The summed E-state index contributed by atoms with van der Waals surface area (Å²) in [6.07, 6.45) is 0. The molecule has 0 atom stereocenters. The number of nitrogens with one attached hydrogen (secondary N) is 1. The number of pyridine rings is 1. The summed E-state index contributed by atoms with van der Waals surface area (Å²) in [6.45, 7) is 2.05. The summed E-state index contributed by atoms with van der Waals surface area (Å²) in [5.74, 6) is 0.476. The molecule has 1 N–H and O–H groups in total. The number of rotatable bonds is 3. The molecule has 4 aromatic rings. The minimum Gasteiger partial charge on any atom is -0.495 e. The standard InChI is InChI=1S/C20H16N2O2S/c1-12-7-8-13-10-14-11-18(25-20(14)22-16(13)9-12)19(23)21-15-5-3-4-6-17(15)24-2/h3-11H,1-2H3,(H,21,23). The van der Waals surface area contributed by atoms with Crippen molar-refractivity contribution in [1.82, 2.24) is 4.98 Å². The maximum Gasteiger partial charge on any atom is 0.265 e. The molecule has 1 amide bonds. The Labute approximate surface area is 149 Å². The zero-order chi connectivity index (χ0) is 17.4. The number of aryl methyl sites for hydroxylation is 1. The molecule has 0 aliphatic rings. The Morgan fingerprint density at radius 1 is 1.08 bits per heavy atom. The molecule has 2 aromatic carbocycles. The van der Waals surface area contributed by atoms with Crippen LogP contribution in [0, 0.1) is 6.92 Å². The number of carbonyl (C=O) groups excluding carboxylic acids is 1. The van der Waals surface area contributed by atoms with E-state index in [1.54, 1.807) is 7.11 Å². The number of hydrogen-bond acceptors (Lipinski definition) is 4. The van der Waals surface area contributed by atoms with Crippen LogP contribution in [0.5, 0.6) is 5.75 Å². The van der Waals surface area contributed by atoms with Gasteiger partial charge in [-0.2, -0.15) is 0 Å². The average Bonchev–Trinajstić information content (AvgIpc) is 3.03. The van der Waals surface area contributed by atoms with Gasteiger partial charge in [0.2, 0.25) is 0 Å². The van der Waals surface area contributed by atoms with Crippen LogP contribution in [-0.4, -0.2) is 18.0 Å². The first-order valence-corrected chi connectivity index (χ1v) is 8.71. The number of carbonyl (C=O) groups is 1. The monoisotopic (exact) mass is 348 g/mol. The van der Waals surface area contributed by atoms with Gasteiger partial charge in [-0.3, -0.25) is 4.79 Å². The molecule has 5 heteroatoms. The number of amides is 1. The van der Waals surface area contributed by atoms with Crippen molar-refractivity contribution in [3.05, 3.63) is 65.0 Å². The number of nitrogens with zero attached hydrogens (tertiary/aromatic N) is 1. The van der Waals surface area contributed by atoms with Gasteiger partial charge in [0.05, 0.1) is 23.2 Å². The molecule has 4 rings (SSSR count). The fourth-order valence-corrected chi connectivity index (χ4v) is 3.70. The number of para-hydroxylation sites is 2. The van der Waals surface area contributed by atoms with Crippen molar-refractivity contribution in [1.29, 1.82) is 0 Å². The molecule has 25 heavy (non-hydrogen) atoms. The maximum absolute atomic E-state index is 12.6. The second-order valence-corrected chi connectivity index (χ2v) is 6.87. The van der Waals surface area contributed by atoms with E-state index in [9.17, 15) is 4.79 Å². The Morgan fingerprint density at radius 2 is 1.92 bits per heavy atom. The van der Waals surface area contributed by atoms with Gasteiger partial charge in [-0.25, -0.2) is 4.98 Å². The van der Waals surface area contributed by atoms with Crippen LogP contribution in [0.15, 0.2) is 54.6 Å². The third-order valence-electron chi connectivity index (χ3n) is 4.04. The van der Waals surface area contributed by atoms with E-state index in [0.717, 1.165) is 21.1 Å². The van der Waals surface area contributed by atoms with E-state index in [2.05, 4.69) is 29.6 Å². The predicted octanol–water partition coefficient (Wildman–Crippen LogP) is 5.02. The molecule has 2 aromatic heterocycles. The summed E-state index contributed by atoms with van der Waals surface area (Å²) in [5, 5.41) is 4.96. The molecular formula is C20H16N2O2S. The Balaban J connectivity index is 1.71. The van der Waals surface area contributed by atoms with Gasteiger partial charge in [-0.15, -0.1) is 11.3 Å². The van der Waals surface area contributed by atoms with Gasteiger partial charge in [0.25, 0.3) is 5.91 Å². The summed E-state index contributed by atoms with van der Waals surface area (Å²) < 4.78 is 5.28. The molecule has 0 radical (unpaired) electrons. The molecule has 0 aliphatic heterocycles. The third-order valence-corrected chi connectivity index (χ3v) is 5.08. The van der Waals surface area contributed by atoms with Crippen LogP contribution in [0.1, 0.15) is 15.2 Å². The first-order chi connectivity index (χ1) is 12.1. The third kappa shape index (κ3) is 2.94. The van der Waals surface area contributed by atoms with Gasteiger partial charge in [0.15, 0.2) is 0 Å². The second-order valence-electron chi connectivity index (χ2n) is 5.84. The van der Waals surface area contributed by atoms with E-state index in [4.69, 9.17) is 9.72 Å². The number of methoxy groups -OCH3 is 1. The van der Waals surface area contributed by atoms with E-state index >= 15 is 0 Å². The smallest absolute Gasteiger partial charge is 0.265 e. The van der Waals surface area contributed by atoms with Crippen LogP contribution in [0.2, 0.25) is 0 Å². The molecule has 0 unspecified atom stereocenters. The fraction of sp³-hybridized carbons (Fsp3) is 0.100. The van der Waals surface area contributed by atoms with E-state index < -0.39 is 0 Å². The normalized spacial score (nSPS) is 11.0. The molecule has 0 saturated carbocycles. The van der Waals surface area contributed by atoms with Crippen molar-refractivity contribution in [3.8, 4) is 5.75 Å². The SMILES string of the molecule is COc1ccccc1NC(=O)c1cc2cc3ccc(C)cc3nc2s1. The number of aromatic nitrogens is 1. The van der Waals surface area contributed by atoms with Gasteiger partial charge >= 0.3 is 0 Å². The second kappa shape index (κ2) is 6.18. The zero-order valence-electron chi connectivity index (χ0n) is 13.9. The summed E-state index contributed by atoms with van der Waals surface area (Å²) in [6, 6.07) is 17.5. The van der Waals surface area contributed by atoms with Gasteiger partial charge < -0.3 is 10.1 Å². The highest BCUT2D eigenvalue weighted by Gasteiger charge is 2.14. The lowest BCUT2D eigenvalue weighted by Gasteiger charge is -2.08. The summed E-state index contributed by atoms with van der Waals surface area (Å²) in [4.78, 5) is 18.8. The highest BCUT2D eigenvalue weighted by molar-refractivity contribution is 7.20. The van der Waals surface area contributed by atoms with Crippen molar-refractivity contribution in [2.24, 2.45) is 0 Å². The number of fused-ring (bicyclic) bond motifs is 2. The van der Waals surface area contributed by atoms with E-state index in [0.29, 0.717) is 16.3 Å². The predicted molar refractivity (Wildman–Crippen MR) is 103 cm³/mol. The average molecular weight is 348 g/mol. The van der Waals surface area contributed by atoms with Crippen LogP contribution in [-0.2, 0) is 0 Å². The van der Waals surface area contributed by atoms with Gasteiger partial charge in [-0.05, 0) is 42.8 Å². The first-order valence-electron chi connectivity index (χ1n) is 7.89. The lowest BCUT2D eigenvalue weighted by atomic mass is 10.1. The van der Waals surface area contributed by atoms with E-state index in [1.165, 1.54) is 16.9 Å². The number of hydrogen-bond donors (Lipinski definition) is 1. The first kappa shape index (κ1) is 15.6. The lowest BCUT2D eigenvalue weighted by Crippen LogP contribution is -2.10. The summed E-state index contributed by atoms with van der Waals surface area (Å²) in [5.41, 5.74) is 2.78. The number of benzene rings is 2. The van der Waals surface area contributed by atoms with Crippen molar-refractivity contribution in [2.75, 3.05) is 12.4 Å². The number of ether oxygens (including phenoxy) is 1. The van der Waals surface area contributed by atoms with E-state index in [-0.39, 0.29) is 5.91 Å². The zero-order valence-corrected chi connectivity index (χ0v) is 14.7. The molecule has 0 spiro atoms. The van der Waals surface area contributed by atoms with Crippen LogP contribution in [0.4, 0.5) is 5.69 Å². The van der Waals surface area contributed by atoms with Gasteiger partial charge in [-0.1, -0.05) is 24.3 Å². The molecule has 2 heterocycles. The Kier molecular flexibility index (Phi) is 3.86. The molecule has 4 nitrogen and oxygen atoms in total.